The van der Waals surface area contributed by atoms with Crippen molar-refractivity contribution in [2.45, 2.75) is 0 Å². The molecule has 6 heteroatoms. The largest absolute Gasteiger partial charge is 0.324 e. The van der Waals surface area contributed by atoms with Crippen LogP contribution in [0, 0.1) is 3.57 Å². The molecule has 1 aliphatic heterocycles. The lowest BCUT2D eigenvalue weighted by atomic mass is 10.1. The van der Waals surface area contributed by atoms with Crippen LogP contribution in [0.4, 0.5) is 11.6 Å². The average molecular weight is 425 g/mol. The molecule has 0 saturated heterocycles. The van der Waals surface area contributed by atoms with E-state index in [9.17, 15) is 0 Å². The molecule has 2 aromatic heterocycles. The van der Waals surface area contributed by atoms with Crippen molar-refractivity contribution >= 4 is 45.9 Å². The van der Waals surface area contributed by atoms with Crippen LogP contribution in [0.5, 0.6) is 0 Å². The Labute approximate surface area is 152 Å². The van der Waals surface area contributed by atoms with Gasteiger partial charge in [0.15, 0.2) is 11.7 Å². The van der Waals surface area contributed by atoms with Gasteiger partial charge in [0.1, 0.15) is 11.7 Å². The molecule has 5 nitrogen and oxygen atoms in total. The zero-order chi connectivity index (χ0) is 16.4. The van der Waals surface area contributed by atoms with Crippen LogP contribution in [-0.2, 0) is 0 Å². The number of rotatable bonds is 2. The first-order chi connectivity index (χ1) is 11.8. The average Bonchev–Trinajstić information content (AvgIpc) is 2.93. The van der Waals surface area contributed by atoms with Gasteiger partial charge >= 0.3 is 0 Å². The topological polar surface area (TPSA) is 62.5 Å². The van der Waals surface area contributed by atoms with E-state index < -0.39 is 0 Å². The van der Waals surface area contributed by atoms with E-state index in [-0.39, 0.29) is 0 Å². The normalized spacial score (nSPS) is 14.4. The summed E-state index contributed by atoms with van der Waals surface area (Å²) in [5.41, 5.74) is 2.00. The maximum absolute atomic E-state index is 4.66. The van der Waals surface area contributed by atoms with E-state index in [1.165, 1.54) is 0 Å². The Morgan fingerprint density at radius 3 is 2.46 bits per heavy atom. The minimum absolute atomic E-state index is 0.639. The smallest absolute Gasteiger partial charge is 0.164 e. The van der Waals surface area contributed by atoms with E-state index in [2.05, 4.69) is 60.0 Å². The van der Waals surface area contributed by atoms with Gasteiger partial charge in [-0.3, -0.25) is 0 Å². The Bertz CT molecular complexity index is 936. The number of aromatic nitrogens is 2. The summed E-state index contributed by atoms with van der Waals surface area (Å²) in [6, 6.07) is 17.5. The monoisotopic (exact) mass is 425 g/mol. The highest BCUT2D eigenvalue weighted by atomic mass is 127. The number of fused-ring (bicyclic) bond motifs is 1. The molecule has 1 aromatic carbocycles. The molecule has 0 spiro atoms. The maximum Gasteiger partial charge on any atom is 0.164 e. The number of nitrogens with zero attached hydrogens (tertiary/aromatic N) is 4. The number of hydrogen-bond donors (Lipinski definition) is 1. The lowest BCUT2D eigenvalue weighted by Gasteiger charge is -2.06. The Kier molecular flexibility index (Phi) is 4.04. The second kappa shape index (κ2) is 6.48. The van der Waals surface area contributed by atoms with Crippen molar-refractivity contribution in [3.63, 3.8) is 0 Å². The van der Waals surface area contributed by atoms with Crippen molar-refractivity contribution < 1.29 is 0 Å². The standard InChI is InChI=1S/C18H12IN5/c19-12-7-8-13-14(11-12)18(23-16-6-2-4-10-21-16)24-17(13)22-15-5-1-3-9-20-15/h1-11H,(H,20,21,22,23,24). The highest BCUT2D eigenvalue weighted by Gasteiger charge is 2.22. The first-order valence-electron chi connectivity index (χ1n) is 7.36. The summed E-state index contributed by atoms with van der Waals surface area (Å²) in [6.45, 7) is 0. The molecular formula is C18H12IN5. The SMILES string of the molecule is Ic1ccc2c(c1)/C(=N\c1ccccn1)N=C2Nc1ccccn1. The summed E-state index contributed by atoms with van der Waals surface area (Å²) in [5, 5.41) is 3.27. The predicted octanol–water partition coefficient (Wildman–Crippen LogP) is 4.03. The summed E-state index contributed by atoms with van der Waals surface area (Å²) in [6.07, 6.45) is 3.47. The minimum Gasteiger partial charge on any atom is -0.324 e. The molecule has 3 aromatic rings. The fourth-order valence-corrected chi connectivity index (χ4v) is 2.89. The molecule has 0 fully saturated rings. The molecule has 1 N–H and O–H groups in total. The zero-order valence-corrected chi connectivity index (χ0v) is 14.7. The lowest BCUT2D eigenvalue weighted by Crippen LogP contribution is -2.12. The molecule has 4 rings (SSSR count). The second-order valence-electron chi connectivity index (χ2n) is 5.11. The molecule has 0 saturated carbocycles. The van der Waals surface area contributed by atoms with Crippen LogP contribution < -0.4 is 5.32 Å². The first kappa shape index (κ1) is 14.9. The van der Waals surface area contributed by atoms with Gasteiger partial charge in [0, 0.05) is 27.1 Å². The maximum atomic E-state index is 4.66. The van der Waals surface area contributed by atoms with Crippen LogP contribution in [-0.4, -0.2) is 21.6 Å². The van der Waals surface area contributed by atoms with Crippen molar-refractivity contribution in [2.75, 3.05) is 5.32 Å². The highest BCUT2D eigenvalue weighted by molar-refractivity contribution is 14.1. The number of halogens is 1. The first-order valence-corrected chi connectivity index (χ1v) is 8.44. The van der Waals surface area contributed by atoms with E-state index >= 15 is 0 Å². The lowest BCUT2D eigenvalue weighted by molar-refractivity contribution is 1.27. The van der Waals surface area contributed by atoms with Crippen molar-refractivity contribution in [3.05, 3.63) is 81.7 Å². The summed E-state index contributed by atoms with van der Waals surface area (Å²) < 4.78 is 1.13. The molecule has 3 heterocycles. The van der Waals surface area contributed by atoms with Crippen LogP contribution in [0.15, 0.2) is 77.0 Å². The third-order valence-corrected chi connectivity index (χ3v) is 4.15. The second-order valence-corrected chi connectivity index (χ2v) is 6.36. The quantitative estimate of drug-likeness (QED) is 0.631. The van der Waals surface area contributed by atoms with Crippen LogP contribution >= 0.6 is 22.6 Å². The molecule has 0 bridgehead atoms. The predicted molar refractivity (Wildman–Crippen MR) is 104 cm³/mol. The van der Waals surface area contributed by atoms with E-state index in [1.54, 1.807) is 12.4 Å². The van der Waals surface area contributed by atoms with E-state index in [1.807, 2.05) is 42.5 Å². The Morgan fingerprint density at radius 1 is 0.875 bits per heavy atom. The highest BCUT2D eigenvalue weighted by Crippen LogP contribution is 2.24. The number of aliphatic imine (C=N–C) groups is 2. The molecule has 0 aliphatic carbocycles. The molecular weight excluding hydrogens is 413 g/mol. The van der Waals surface area contributed by atoms with Crippen LogP contribution in [0.2, 0.25) is 0 Å². The molecule has 0 radical (unpaired) electrons. The van der Waals surface area contributed by atoms with Crippen molar-refractivity contribution in [1.82, 2.24) is 9.97 Å². The Balaban J connectivity index is 1.77. The van der Waals surface area contributed by atoms with Gasteiger partial charge in [-0.25, -0.2) is 20.0 Å². The Morgan fingerprint density at radius 2 is 1.71 bits per heavy atom. The molecule has 0 atom stereocenters. The van der Waals surface area contributed by atoms with Crippen molar-refractivity contribution in [2.24, 2.45) is 9.98 Å². The van der Waals surface area contributed by atoms with Crippen molar-refractivity contribution in [3.8, 4) is 0 Å². The number of anilines is 1. The van der Waals surface area contributed by atoms with Gasteiger partial charge in [-0.05, 0) is 65.1 Å². The number of amidine groups is 2. The van der Waals surface area contributed by atoms with Gasteiger partial charge in [0.05, 0.1) is 0 Å². The summed E-state index contributed by atoms with van der Waals surface area (Å²) in [7, 11) is 0. The van der Waals surface area contributed by atoms with E-state index in [0.29, 0.717) is 11.7 Å². The number of nitrogens with one attached hydrogen (secondary N) is 1. The number of benzene rings is 1. The van der Waals surface area contributed by atoms with Gasteiger partial charge in [0.2, 0.25) is 0 Å². The third kappa shape index (κ3) is 3.05. The number of pyridine rings is 2. The summed E-state index contributed by atoms with van der Waals surface area (Å²) >= 11 is 2.29. The van der Waals surface area contributed by atoms with Gasteiger partial charge in [-0.2, -0.15) is 0 Å². The zero-order valence-electron chi connectivity index (χ0n) is 12.5. The van der Waals surface area contributed by atoms with E-state index in [4.69, 9.17) is 0 Å². The summed E-state index contributed by atoms with van der Waals surface area (Å²) in [4.78, 5) is 17.8. The Hall–Kier alpha value is -2.61. The van der Waals surface area contributed by atoms with Crippen LogP contribution in [0.25, 0.3) is 0 Å². The molecule has 0 amide bonds. The van der Waals surface area contributed by atoms with Gasteiger partial charge in [-0.15, -0.1) is 0 Å². The van der Waals surface area contributed by atoms with Crippen LogP contribution in [0.1, 0.15) is 11.1 Å². The van der Waals surface area contributed by atoms with Gasteiger partial charge in [-0.1, -0.05) is 12.1 Å². The molecule has 24 heavy (non-hydrogen) atoms. The van der Waals surface area contributed by atoms with Gasteiger partial charge in [0.25, 0.3) is 0 Å². The molecule has 1 aliphatic rings. The molecule has 0 unspecified atom stereocenters. The molecule has 116 valence electrons. The van der Waals surface area contributed by atoms with Gasteiger partial charge < -0.3 is 5.32 Å². The minimum atomic E-state index is 0.639. The third-order valence-electron chi connectivity index (χ3n) is 3.48. The number of hydrogen-bond acceptors (Lipinski definition) is 4. The van der Waals surface area contributed by atoms with Crippen molar-refractivity contribution in [1.29, 1.82) is 0 Å². The fraction of sp³-hybridized carbons (Fsp3) is 0. The van der Waals surface area contributed by atoms with Crippen LogP contribution in [0.3, 0.4) is 0 Å². The van der Waals surface area contributed by atoms with E-state index in [0.717, 1.165) is 26.4 Å². The summed E-state index contributed by atoms with van der Waals surface area (Å²) in [5.74, 6) is 2.79. The fourth-order valence-electron chi connectivity index (χ4n) is 2.40.